The molecule has 0 aliphatic heterocycles. The second-order valence-electron chi connectivity index (χ2n) is 3.66. The maximum atomic E-state index is 3.85. The molecule has 2 rings (SSSR count). The first-order valence-corrected chi connectivity index (χ1v) is 4.85. The molecule has 0 heteroatoms. The molecule has 0 bridgehead atoms. The summed E-state index contributed by atoms with van der Waals surface area (Å²) in [5.74, 6) is 0. The average molecular weight is 182 g/mol. The molecule has 0 spiro atoms. The molecule has 0 aliphatic carbocycles. The van der Waals surface area contributed by atoms with E-state index in [1.54, 1.807) is 0 Å². The summed E-state index contributed by atoms with van der Waals surface area (Å²) >= 11 is 0. The topological polar surface area (TPSA) is 0 Å². The number of rotatable bonds is 1. The molecule has 0 heterocycles. The van der Waals surface area contributed by atoms with Crippen molar-refractivity contribution in [3.05, 3.63) is 53.6 Å². The van der Waals surface area contributed by atoms with Gasteiger partial charge in [-0.1, -0.05) is 43.0 Å². The molecule has 14 heavy (non-hydrogen) atoms. The van der Waals surface area contributed by atoms with E-state index < -0.39 is 0 Å². The highest BCUT2D eigenvalue weighted by molar-refractivity contribution is 5.93. The number of benzene rings is 2. The number of hydrogen-bond acceptors (Lipinski definition) is 0. The predicted molar refractivity (Wildman–Crippen MR) is 63.5 cm³/mol. The Bertz CT molecular complexity index is 493. The molecule has 0 unspecified atom stereocenters. The summed E-state index contributed by atoms with van der Waals surface area (Å²) in [5, 5.41) is 2.63. The van der Waals surface area contributed by atoms with Crippen molar-refractivity contribution in [1.29, 1.82) is 0 Å². The van der Waals surface area contributed by atoms with E-state index in [-0.39, 0.29) is 0 Å². The minimum atomic E-state index is 1.23. The van der Waals surface area contributed by atoms with Crippen LogP contribution in [0.15, 0.2) is 36.9 Å². The van der Waals surface area contributed by atoms with E-state index in [0.29, 0.717) is 0 Å². The molecule has 0 fully saturated rings. The van der Waals surface area contributed by atoms with Crippen molar-refractivity contribution in [2.45, 2.75) is 13.8 Å². The van der Waals surface area contributed by atoms with E-state index in [0.717, 1.165) is 0 Å². The second-order valence-corrected chi connectivity index (χ2v) is 3.66. The molecule has 0 amide bonds. The Balaban J connectivity index is 2.96. The Morgan fingerprint density at radius 2 is 1.86 bits per heavy atom. The fourth-order valence-electron chi connectivity index (χ4n) is 1.87. The van der Waals surface area contributed by atoms with Crippen molar-refractivity contribution in [2.75, 3.05) is 0 Å². The molecule has 0 nitrogen and oxygen atoms in total. The van der Waals surface area contributed by atoms with E-state index in [4.69, 9.17) is 0 Å². The normalized spacial score (nSPS) is 10.4. The fourth-order valence-corrected chi connectivity index (χ4v) is 1.87. The van der Waals surface area contributed by atoms with Gasteiger partial charge in [0.05, 0.1) is 0 Å². The first-order chi connectivity index (χ1) is 6.74. The van der Waals surface area contributed by atoms with Gasteiger partial charge in [-0.2, -0.15) is 0 Å². The Kier molecular flexibility index (Phi) is 2.12. The molecule has 0 atom stereocenters. The van der Waals surface area contributed by atoms with Gasteiger partial charge in [-0.25, -0.2) is 0 Å². The molecule has 0 saturated heterocycles. The zero-order valence-corrected chi connectivity index (χ0v) is 8.67. The second kappa shape index (κ2) is 3.30. The van der Waals surface area contributed by atoms with E-state index in [9.17, 15) is 0 Å². The smallest absolute Gasteiger partial charge is 0.00797 e. The Morgan fingerprint density at radius 3 is 2.57 bits per heavy atom. The maximum absolute atomic E-state index is 3.85. The highest BCUT2D eigenvalue weighted by Gasteiger charge is 2.02. The average Bonchev–Trinajstić information content (AvgIpc) is 2.23. The van der Waals surface area contributed by atoms with Crippen LogP contribution in [0, 0.1) is 13.8 Å². The summed E-state index contributed by atoms with van der Waals surface area (Å²) in [6, 6.07) is 10.7. The van der Waals surface area contributed by atoms with Crippen molar-refractivity contribution in [3.8, 4) is 0 Å². The Morgan fingerprint density at radius 1 is 1.07 bits per heavy atom. The lowest BCUT2D eigenvalue weighted by atomic mass is 9.97. The molecule has 0 saturated carbocycles. The summed E-state index contributed by atoms with van der Waals surface area (Å²) in [6.45, 7) is 8.17. The fraction of sp³-hybridized carbons (Fsp3) is 0.143. The van der Waals surface area contributed by atoms with Gasteiger partial charge in [0.1, 0.15) is 0 Å². The van der Waals surface area contributed by atoms with Crippen molar-refractivity contribution < 1.29 is 0 Å². The molecule has 0 N–H and O–H groups in total. The molecule has 2 aromatic rings. The summed E-state index contributed by atoms with van der Waals surface area (Å²) in [4.78, 5) is 0. The van der Waals surface area contributed by atoms with Crippen LogP contribution in [0.3, 0.4) is 0 Å². The monoisotopic (exact) mass is 182 g/mol. The summed E-state index contributed by atoms with van der Waals surface area (Å²) < 4.78 is 0. The lowest BCUT2D eigenvalue weighted by Gasteiger charge is -2.08. The van der Waals surface area contributed by atoms with Gasteiger partial charge in [0.2, 0.25) is 0 Å². The van der Waals surface area contributed by atoms with E-state index >= 15 is 0 Å². The Labute approximate surface area is 84.9 Å². The largest absolute Gasteiger partial charge is 0.0984 e. The third-order valence-corrected chi connectivity index (χ3v) is 2.83. The van der Waals surface area contributed by atoms with Crippen molar-refractivity contribution in [1.82, 2.24) is 0 Å². The minimum Gasteiger partial charge on any atom is -0.0984 e. The standard InChI is InChI=1S/C14H14/c1-4-12-6-5-7-13-9-8-10(2)11(3)14(12)13/h4-9H,1H2,2-3H3. The third kappa shape index (κ3) is 1.24. The van der Waals surface area contributed by atoms with Gasteiger partial charge in [-0.15, -0.1) is 0 Å². The van der Waals surface area contributed by atoms with Gasteiger partial charge in [0.25, 0.3) is 0 Å². The van der Waals surface area contributed by atoms with Crippen molar-refractivity contribution in [3.63, 3.8) is 0 Å². The van der Waals surface area contributed by atoms with Crippen LogP contribution in [-0.2, 0) is 0 Å². The van der Waals surface area contributed by atoms with Gasteiger partial charge in [0.15, 0.2) is 0 Å². The van der Waals surface area contributed by atoms with Gasteiger partial charge in [-0.3, -0.25) is 0 Å². The highest BCUT2D eigenvalue weighted by Crippen LogP contribution is 2.25. The predicted octanol–water partition coefficient (Wildman–Crippen LogP) is 4.10. The van der Waals surface area contributed by atoms with E-state index in [1.165, 1.54) is 27.5 Å². The summed E-state index contributed by atoms with van der Waals surface area (Å²) in [7, 11) is 0. The Hall–Kier alpha value is -1.56. The minimum absolute atomic E-state index is 1.23. The maximum Gasteiger partial charge on any atom is -0.00797 e. The summed E-state index contributed by atoms with van der Waals surface area (Å²) in [6.07, 6.45) is 1.93. The van der Waals surface area contributed by atoms with Crippen LogP contribution < -0.4 is 0 Å². The zero-order chi connectivity index (χ0) is 10.1. The molecular formula is C14H14. The molecule has 70 valence electrons. The number of fused-ring (bicyclic) bond motifs is 1. The highest BCUT2D eigenvalue weighted by atomic mass is 14.1. The molecule has 0 radical (unpaired) electrons. The molecule has 2 aromatic carbocycles. The lowest BCUT2D eigenvalue weighted by molar-refractivity contribution is 1.38. The van der Waals surface area contributed by atoms with Gasteiger partial charge in [-0.05, 0) is 41.3 Å². The van der Waals surface area contributed by atoms with E-state index in [2.05, 4.69) is 50.8 Å². The van der Waals surface area contributed by atoms with Crippen LogP contribution >= 0.6 is 0 Å². The zero-order valence-electron chi connectivity index (χ0n) is 8.67. The SMILES string of the molecule is C=Cc1cccc2ccc(C)c(C)c12. The van der Waals surface area contributed by atoms with Gasteiger partial charge in [0, 0.05) is 0 Å². The van der Waals surface area contributed by atoms with Gasteiger partial charge < -0.3 is 0 Å². The number of aryl methyl sites for hydroxylation is 2. The molecular weight excluding hydrogens is 168 g/mol. The van der Waals surface area contributed by atoms with E-state index in [1.807, 2.05) is 6.08 Å². The van der Waals surface area contributed by atoms with Crippen LogP contribution in [-0.4, -0.2) is 0 Å². The van der Waals surface area contributed by atoms with Crippen molar-refractivity contribution in [2.24, 2.45) is 0 Å². The van der Waals surface area contributed by atoms with Crippen LogP contribution in [0.2, 0.25) is 0 Å². The van der Waals surface area contributed by atoms with Crippen molar-refractivity contribution >= 4 is 16.8 Å². The first kappa shape index (κ1) is 9.01. The summed E-state index contributed by atoms with van der Waals surface area (Å²) in [5.41, 5.74) is 3.92. The van der Waals surface area contributed by atoms with Crippen LogP contribution in [0.5, 0.6) is 0 Å². The van der Waals surface area contributed by atoms with Gasteiger partial charge >= 0.3 is 0 Å². The lowest BCUT2D eigenvalue weighted by Crippen LogP contribution is -1.86. The number of hydrogen-bond donors (Lipinski definition) is 0. The van der Waals surface area contributed by atoms with Crippen LogP contribution in [0.1, 0.15) is 16.7 Å². The van der Waals surface area contributed by atoms with Crippen LogP contribution in [0.25, 0.3) is 16.8 Å². The molecule has 0 aliphatic rings. The van der Waals surface area contributed by atoms with Crippen LogP contribution in [0.4, 0.5) is 0 Å². The molecule has 0 aromatic heterocycles. The first-order valence-electron chi connectivity index (χ1n) is 4.85. The quantitative estimate of drug-likeness (QED) is 0.623. The third-order valence-electron chi connectivity index (χ3n) is 2.83.